The lowest BCUT2D eigenvalue weighted by Crippen LogP contribution is -2.54. The molecular weight excluding hydrogens is 538 g/mol. The number of likely N-dealkylation sites (tertiary alicyclic amines) is 1. The van der Waals surface area contributed by atoms with E-state index in [0.717, 1.165) is 5.56 Å². The third-order valence-corrected chi connectivity index (χ3v) is 7.89. The van der Waals surface area contributed by atoms with Gasteiger partial charge in [0, 0.05) is 22.7 Å². The normalized spacial score (nSPS) is 22.6. The molecule has 192 valence electrons. The number of aryl methyl sites for hydroxylation is 1. The topological polar surface area (TPSA) is 93.9 Å². The van der Waals surface area contributed by atoms with Crippen LogP contribution in [0.4, 0.5) is 5.69 Å². The van der Waals surface area contributed by atoms with Crippen LogP contribution in [-0.4, -0.2) is 42.0 Å². The molecular formula is C28H28BrN3O5. The number of carbonyl (C=O) groups excluding carboxylic acids is 1. The molecule has 0 bridgehead atoms. The molecule has 0 radical (unpaired) electrons. The maximum absolute atomic E-state index is 13.4. The number of ether oxygens (including phenoxy) is 2. The molecule has 2 aliphatic rings. The average molecular weight is 566 g/mol. The van der Waals surface area contributed by atoms with Crippen molar-refractivity contribution in [1.29, 1.82) is 0 Å². The summed E-state index contributed by atoms with van der Waals surface area (Å²) in [6.45, 7) is 4.99. The summed E-state index contributed by atoms with van der Waals surface area (Å²) >= 11 is 3.62. The third kappa shape index (κ3) is 4.16. The molecule has 0 saturated carbocycles. The third-order valence-electron chi connectivity index (χ3n) is 7.30. The predicted molar refractivity (Wildman–Crippen MR) is 144 cm³/mol. The fourth-order valence-electron chi connectivity index (χ4n) is 5.62. The Kier molecular flexibility index (Phi) is 6.68. The van der Waals surface area contributed by atoms with E-state index in [-0.39, 0.29) is 10.8 Å². The molecule has 2 heterocycles. The number of fused-ring (bicyclic) bond motifs is 2. The molecule has 0 aromatic heterocycles. The number of benzene rings is 3. The van der Waals surface area contributed by atoms with Crippen LogP contribution in [0.1, 0.15) is 35.1 Å². The van der Waals surface area contributed by atoms with E-state index in [0.29, 0.717) is 52.5 Å². The minimum Gasteiger partial charge on any atom is -0.490 e. The Hall–Kier alpha value is -3.43. The number of nitrogens with zero attached hydrogens (tertiary/aromatic N) is 2. The quantitative estimate of drug-likeness (QED) is 0.310. The first-order valence-electron chi connectivity index (χ1n) is 12.2. The van der Waals surface area contributed by atoms with Gasteiger partial charge in [0.25, 0.3) is 11.9 Å². The van der Waals surface area contributed by atoms with Crippen LogP contribution < -0.4 is 14.8 Å². The number of para-hydroxylation sites is 1. The van der Waals surface area contributed by atoms with Gasteiger partial charge in [-0.1, -0.05) is 48.0 Å². The summed E-state index contributed by atoms with van der Waals surface area (Å²) in [5, 5.41) is 15.5. The highest BCUT2D eigenvalue weighted by atomic mass is 79.9. The second kappa shape index (κ2) is 9.79. The summed E-state index contributed by atoms with van der Waals surface area (Å²) in [5.74, 6) is 0.107. The monoisotopic (exact) mass is 565 g/mol. The van der Waals surface area contributed by atoms with E-state index in [1.807, 2.05) is 67.3 Å². The zero-order valence-corrected chi connectivity index (χ0v) is 22.4. The molecule has 0 aliphatic carbocycles. The van der Waals surface area contributed by atoms with Crippen LogP contribution in [0.2, 0.25) is 0 Å². The van der Waals surface area contributed by atoms with Gasteiger partial charge in [-0.15, -0.1) is 0 Å². The van der Waals surface area contributed by atoms with Gasteiger partial charge in [0.05, 0.1) is 17.0 Å². The smallest absolute Gasteiger partial charge is 0.256 e. The van der Waals surface area contributed by atoms with Crippen molar-refractivity contribution >= 4 is 27.5 Å². The van der Waals surface area contributed by atoms with Gasteiger partial charge in [0.2, 0.25) is 0 Å². The zero-order valence-electron chi connectivity index (χ0n) is 20.9. The van der Waals surface area contributed by atoms with E-state index in [9.17, 15) is 14.9 Å². The van der Waals surface area contributed by atoms with E-state index in [1.165, 1.54) is 5.56 Å². The zero-order chi connectivity index (χ0) is 26.3. The van der Waals surface area contributed by atoms with Gasteiger partial charge < -0.3 is 14.8 Å². The molecule has 3 aromatic carbocycles. The number of hydrogen-bond acceptors (Lipinski definition) is 6. The van der Waals surface area contributed by atoms with Crippen molar-refractivity contribution in [2.45, 2.75) is 38.0 Å². The molecule has 1 amide bonds. The summed E-state index contributed by atoms with van der Waals surface area (Å²) < 4.78 is 12.7. The average Bonchev–Trinajstić information content (AvgIpc) is 3.34. The van der Waals surface area contributed by atoms with Crippen LogP contribution in [0.5, 0.6) is 11.5 Å². The number of likely N-dealkylation sites (N-methyl/N-ethyl adjacent to an activating group) is 1. The molecule has 1 N–H and O–H groups in total. The van der Waals surface area contributed by atoms with Crippen LogP contribution in [0, 0.1) is 17.0 Å². The van der Waals surface area contributed by atoms with Crippen molar-refractivity contribution in [2.24, 2.45) is 0 Å². The van der Waals surface area contributed by atoms with Crippen LogP contribution in [-0.2, 0) is 16.9 Å². The Labute approximate surface area is 223 Å². The number of carbonyl (C=O) groups is 1. The number of hydrogen-bond donors (Lipinski definition) is 1. The van der Waals surface area contributed by atoms with Crippen molar-refractivity contribution in [3.05, 3.63) is 97.5 Å². The van der Waals surface area contributed by atoms with Gasteiger partial charge >= 0.3 is 0 Å². The summed E-state index contributed by atoms with van der Waals surface area (Å²) in [6, 6.07) is 17.7. The maximum atomic E-state index is 13.4. The van der Waals surface area contributed by atoms with Gasteiger partial charge in [0.1, 0.15) is 6.61 Å². The summed E-state index contributed by atoms with van der Waals surface area (Å²) in [7, 11) is 1.77. The molecule has 1 spiro atoms. The SMILES string of the molecule is CCOc1cc([C@@H]2CN(C)[C@]3(C(=O)Nc4ccccc43)[C@H]2[N+](=O)[O-])cc(Br)c1OCc1ccc(C)cc1. The van der Waals surface area contributed by atoms with Crippen molar-refractivity contribution in [2.75, 3.05) is 25.5 Å². The molecule has 8 nitrogen and oxygen atoms in total. The Morgan fingerprint density at radius 3 is 2.59 bits per heavy atom. The molecule has 3 aromatic rings. The highest BCUT2D eigenvalue weighted by Crippen LogP contribution is 2.53. The highest BCUT2D eigenvalue weighted by molar-refractivity contribution is 9.10. The van der Waals surface area contributed by atoms with E-state index < -0.39 is 17.5 Å². The Bertz CT molecular complexity index is 1360. The predicted octanol–water partition coefficient (Wildman–Crippen LogP) is 5.26. The standard InChI is InChI=1S/C28H28BrN3O5/c1-4-36-24-14-19(13-22(29)25(24)37-16-18-11-9-17(2)10-12-18)20-15-31(3)28(26(20)32(34)35)21-7-5-6-8-23(21)30-27(28)33/h5-14,20,26H,4,15-16H2,1-3H3,(H,30,33)/t20-,26-,28-/m0/s1. The lowest BCUT2D eigenvalue weighted by molar-refractivity contribution is -0.534. The number of halogens is 1. The lowest BCUT2D eigenvalue weighted by atomic mass is 9.79. The minimum atomic E-state index is -1.40. The van der Waals surface area contributed by atoms with Crippen molar-refractivity contribution in [3.63, 3.8) is 0 Å². The first-order valence-corrected chi connectivity index (χ1v) is 13.0. The van der Waals surface area contributed by atoms with E-state index in [4.69, 9.17) is 9.47 Å². The van der Waals surface area contributed by atoms with E-state index in [1.54, 1.807) is 19.2 Å². The van der Waals surface area contributed by atoms with E-state index in [2.05, 4.69) is 21.2 Å². The fourth-order valence-corrected chi connectivity index (χ4v) is 6.20. The van der Waals surface area contributed by atoms with Crippen LogP contribution in [0.3, 0.4) is 0 Å². The summed E-state index contributed by atoms with van der Waals surface area (Å²) in [4.78, 5) is 27.5. The van der Waals surface area contributed by atoms with Crippen LogP contribution in [0.25, 0.3) is 0 Å². The van der Waals surface area contributed by atoms with Gasteiger partial charge in [0.15, 0.2) is 17.0 Å². The Morgan fingerprint density at radius 2 is 1.89 bits per heavy atom. The van der Waals surface area contributed by atoms with Crippen LogP contribution in [0.15, 0.2) is 65.1 Å². The summed E-state index contributed by atoms with van der Waals surface area (Å²) in [5.41, 5.74) is 2.74. The molecule has 1 saturated heterocycles. The van der Waals surface area contributed by atoms with Crippen molar-refractivity contribution < 1.29 is 19.2 Å². The molecule has 37 heavy (non-hydrogen) atoms. The number of nitrogens with one attached hydrogen (secondary N) is 1. The van der Waals surface area contributed by atoms with Crippen molar-refractivity contribution in [1.82, 2.24) is 4.90 Å². The number of nitro groups is 1. The maximum Gasteiger partial charge on any atom is 0.256 e. The first-order chi connectivity index (χ1) is 17.8. The Balaban J connectivity index is 1.53. The van der Waals surface area contributed by atoms with Gasteiger partial charge in [-0.2, -0.15) is 0 Å². The second-order valence-corrected chi connectivity index (χ2v) is 10.4. The van der Waals surface area contributed by atoms with Gasteiger partial charge in [-0.25, -0.2) is 0 Å². The summed E-state index contributed by atoms with van der Waals surface area (Å²) in [6.07, 6.45) is 0. The van der Waals surface area contributed by atoms with Crippen molar-refractivity contribution in [3.8, 4) is 11.5 Å². The number of rotatable bonds is 7. The number of anilines is 1. The Morgan fingerprint density at radius 1 is 1.16 bits per heavy atom. The van der Waals surface area contributed by atoms with Crippen LogP contribution >= 0.6 is 15.9 Å². The lowest BCUT2D eigenvalue weighted by Gasteiger charge is -2.30. The molecule has 2 aliphatic heterocycles. The minimum absolute atomic E-state index is 0.314. The highest BCUT2D eigenvalue weighted by Gasteiger charge is 2.68. The molecule has 1 fully saturated rings. The fraction of sp³-hybridized carbons (Fsp3) is 0.321. The number of amides is 1. The molecule has 0 unspecified atom stereocenters. The van der Waals surface area contributed by atoms with Gasteiger partial charge in [-0.3, -0.25) is 19.8 Å². The first kappa shape index (κ1) is 25.2. The van der Waals surface area contributed by atoms with E-state index >= 15 is 0 Å². The molecule has 3 atom stereocenters. The second-order valence-electron chi connectivity index (χ2n) is 9.52. The molecule has 5 rings (SSSR count). The largest absolute Gasteiger partial charge is 0.490 e. The molecule has 9 heteroatoms. The van der Waals surface area contributed by atoms with Gasteiger partial charge in [-0.05, 0) is 66.2 Å².